The van der Waals surface area contributed by atoms with E-state index in [4.69, 9.17) is 4.42 Å². The zero-order valence-corrected chi connectivity index (χ0v) is 19.8. The van der Waals surface area contributed by atoms with Crippen LogP contribution in [0, 0.1) is 5.92 Å². The first-order valence-electron chi connectivity index (χ1n) is 11.4. The molecule has 176 valence electrons. The molecule has 2 aromatic carbocycles. The minimum atomic E-state index is -3.52. The van der Waals surface area contributed by atoms with Gasteiger partial charge < -0.3 is 14.6 Å². The Kier molecular flexibility index (Phi) is 6.99. The highest BCUT2D eigenvalue weighted by Gasteiger charge is 2.27. The molecule has 0 unspecified atom stereocenters. The van der Waals surface area contributed by atoms with Crippen LogP contribution in [0.3, 0.4) is 0 Å². The van der Waals surface area contributed by atoms with Gasteiger partial charge in [0.05, 0.1) is 4.90 Å². The molecular weight excluding hydrogens is 440 g/mol. The van der Waals surface area contributed by atoms with E-state index < -0.39 is 10.0 Å². The molecule has 0 aliphatic carbocycles. The molecule has 1 aliphatic heterocycles. The fourth-order valence-electron chi connectivity index (χ4n) is 3.96. The Morgan fingerprint density at radius 1 is 1.15 bits per heavy atom. The summed E-state index contributed by atoms with van der Waals surface area (Å²) in [6.07, 6.45) is 3.13. The monoisotopic (exact) mass is 470 g/mol. The Morgan fingerprint density at radius 3 is 2.52 bits per heavy atom. The maximum atomic E-state index is 12.8. The number of amides is 1. The van der Waals surface area contributed by atoms with Gasteiger partial charge in [-0.1, -0.05) is 25.5 Å². The van der Waals surface area contributed by atoms with Crippen LogP contribution < -0.4 is 10.2 Å². The summed E-state index contributed by atoms with van der Waals surface area (Å²) >= 11 is 0. The topological polar surface area (TPSA) is 95.8 Å². The number of hydrogen-bond acceptors (Lipinski definition) is 6. The molecule has 0 saturated carbocycles. The summed E-state index contributed by atoms with van der Waals surface area (Å²) in [4.78, 5) is 19.6. The third-order valence-electron chi connectivity index (χ3n) is 6.08. The minimum Gasteiger partial charge on any atom is -0.423 e. The number of benzene rings is 2. The second kappa shape index (κ2) is 9.93. The van der Waals surface area contributed by atoms with Gasteiger partial charge >= 0.3 is 0 Å². The Bertz CT molecular complexity index is 1170. The molecule has 2 heterocycles. The zero-order valence-electron chi connectivity index (χ0n) is 19.0. The molecule has 1 fully saturated rings. The molecule has 1 amide bonds. The molecule has 1 aromatic heterocycles. The van der Waals surface area contributed by atoms with Crippen molar-refractivity contribution in [1.82, 2.24) is 9.29 Å². The largest absolute Gasteiger partial charge is 0.423 e. The van der Waals surface area contributed by atoms with Gasteiger partial charge in [0.15, 0.2) is 5.58 Å². The van der Waals surface area contributed by atoms with Gasteiger partial charge in [0.25, 0.3) is 6.01 Å². The number of anilines is 2. The predicted molar refractivity (Wildman–Crippen MR) is 129 cm³/mol. The highest BCUT2D eigenvalue weighted by molar-refractivity contribution is 7.89. The normalized spacial score (nSPS) is 15.3. The number of piperidine rings is 1. The maximum absolute atomic E-state index is 12.8. The molecule has 1 saturated heterocycles. The molecular formula is C24H30N4O4S. The lowest BCUT2D eigenvalue weighted by molar-refractivity contribution is -0.120. The SMILES string of the molecule is CCCCN(C)S(=O)(=O)c1ccc(NC(=O)C2CCN(c3nc4ccccc4o3)CC2)cc1. The lowest BCUT2D eigenvalue weighted by Crippen LogP contribution is -2.38. The van der Waals surface area contributed by atoms with Crippen molar-refractivity contribution < 1.29 is 17.6 Å². The fraction of sp³-hybridized carbons (Fsp3) is 0.417. The molecule has 0 radical (unpaired) electrons. The van der Waals surface area contributed by atoms with Crippen LogP contribution in [0.5, 0.6) is 0 Å². The summed E-state index contributed by atoms with van der Waals surface area (Å²) in [5, 5.41) is 2.92. The van der Waals surface area contributed by atoms with E-state index >= 15 is 0 Å². The summed E-state index contributed by atoms with van der Waals surface area (Å²) in [5.41, 5.74) is 2.18. The number of unbranched alkanes of at least 4 members (excludes halogenated alkanes) is 1. The van der Waals surface area contributed by atoms with Crippen molar-refractivity contribution in [3.8, 4) is 0 Å². The zero-order chi connectivity index (χ0) is 23.4. The number of nitrogens with zero attached hydrogens (tertiary/aromatic N) is 3. The Labute approximate surface area is 194 Å². The lowest BCUT2D eigenvalue weighted by atomic mass is 9.96. The molecule has 1 N–H and O–H groups in total. The average molecular weight is 471 g/mol. The highest BCUT2D eigenvalue weighted by Crippen LogP contribution is 2.27. The predicted octanol–water partition coefficient (Wildman–Crippen LogP) is 4.10. The molecule has 9 heteroatoms. The Morgan fingerprint density at radius 2 is 1.85 bits per heavy atom. The van der Waals surface area contributed by atoms with Gasteiger partial charge in [-0.05, 0) is 55.7 Å². The van der Waals surface area contributed by atoms with Gasteiger partial charge in [-0.15, -0.1) is 0 Å². The van der Waals surface area contributed by atoms with Crippen LogP contribution in [-0.2, 0) is 14.8 Å². The number of sulfonamides is 1. The van der Waals surface area contributed by atoms with Crippen molar-refractivity contribution in [3.63, 3.8) is 0 Å². The van der Waals surface area contributed by atoms with E-state index in [1.807, 2.05) is 31.2 Å². The molecule has 3 aromatic rings. The van der Waals surface area contributed by atoms with Gasteiger partial charge in [-0.25, -0.2) is 12.7 Å². The van der Waals surface area contributed by atoms with Crippen molar-refractivity contribution in [2.24, 2.45) is 5.92 Å². The summed E-state index contributed by atoms with van der Waals surface area (Å²) in [5.74, 6) is -0.169. The smallest absolute Gasteiger partial charge is 0.298 e. The molecule has 0 spiro atoms. The second-order valence-electron chi connectivity index (χ2n) is 8.42. The van der Waals surface area contributed by atoms with Crippen LogP contribution in [0.1, 0.15) is 32.6 Å². The lowest BCUT2D eigenvalue weighted by Gasteiger charge is -2.30. The van der Waals surface area contributed by atoms with Crippen LogP contribution in [-0.4, -0.2) is 50.3 Å². The third-order valence-corrected chi connectivity index (χ3v) is 7.95. The number of oxazole rings is 1. The van der Waals surface area contributed by atoms with Gasteiger partial charge in [0.1, 0.15) is 5.52 Å². The van der Waals surface area contributed by atoms with Gasteiger partial charge in [-0.2, -0.15) is 4.98 Å². The van der Waals surface area contributed by atoms with E-state index in [0.29, 0.717) is 44.2 Å². The van der Waals surface area contributed by atoms with E-state index in [1.54, 1.807) is 31.3 Å². The number of nitrogens with one attached hydrogen (secondary N) is 1. The molecule has 0 bridgehead atoms. The van der Waals surface area contributed by atoms with Crippen molar-refractivity contribution in [2.45, 2.75) is 37.5 Å². The van der Waals surface area contributed by atoms with E-state index in [0.717, 1.165) is 23.9 Å². The Balaban J connectivity index is 1.32. The van der Waals surface area contributed by atoms with Crippen molar-refractivity contribution >= 4 is 38.7 Å². The fourth-order valence-corrected chi connectivity index (χ4v) is 5.17. The number of hydrogen-bond donors (Lipinski definition) is 1. The summed E-state index contributed by atoms with van der Waals surface area (Å²) in [7, 11) is -1.93. The number of carbonyl (C=O) groups is 1. The quantitative estimate of drug-likeness (QED) is 0.532. The van der Waals surface area contributed by atoms with Crippen LogP contribution in [0.4, 0.5) is 11.7 Å². The minimum absolute atomic E-state index is 0.0529. The molecule has 0 atom stereocenters. The van der Waals surface area contributed by atoms with Crippen molar-refractivity contribution in [3.05, 3.63) is 48.5 Å². The first-order chi connectivity index (χ1) is 15.9. The number of para-hydroxylation sites is 2. The summed E-state index contributed by atoms with van der Waals surface area (Å²) in [6, 6.07) is 14.6. The van der Waals surface area contributed by atoms with E-state index in [-0.39, 0.29) is 16.7 Å². The van der Waals surface area contributed by atoms with Gasteiger partial charge in [0.2, 0.25) is 15.9 Å². The third kappa shape index (κ3) is 5.20. The number of fused-ring (bicyclic) bond motifs is 1. The molecule has 33 heavy (non-hydrogen) atoms. The van der Waals surface area contributed by atoms with Crippen LogP contribution in [0.25, 0.3) is 11.1 Å². The number of carbonyl (C=O) groups excluding carboxylic acids is 1. The first kappa shape index (κ1) is 23.3. The first-order valence-corrected chi connectivity index (χ1v) is 12.8. The highest BCUT2D eigenvalue weighted by atomic mass is 32.2. The van der Waals surface area contributed by atoms with Gasteiger partial charge in [-0.3, -0.25) is 4.79 Å². The standard InChI is InChI=1S/C24H30N4O4S/c1-3-4-15-27(2)33(30,31)20-11-9-19(10-12-20)25-23(29)18-13-16-28(17-14-18)24-26-21-7-5-6-8-22(21)32-24/h5-12,18H,3-4,13-17H2,1-2H3,(H,25,29). The number of rotatable bonds is 8. The molecule has 4 rings (SSSR count). The second-order valence-corrected chi connectivity index (χ2v) is 10.5. The van der Waals surface area contributed by atoms with Crippen molar-refractivity contribution in [2.75, 3.05) is 36.9 Å². The average Bonchev–Trinajstić information content (AvgIpc) is 3.27. The van der Waals surface area contributed by atoms with Crippen molar-refractivity contribution in [1.29, 1.82) is 0 Å². The van der Waals surface area contributed by atoms with Crippen LogP contribution in [0.15, 0.2) is 57.8 Å². The van der Waals surface area contributed by atoms with Crippen LogP contribution >= 0.6 is 0 Å². The van der Waals surface area contributed by atoms with E-state index in [1.165, 1.54) is 4.31 Å². The number of aromatic nitrogens is 1. The van der Waals surface area contributed by atoms with Crippen LogP contribution in [0.2, 0.25) is 0 Å². The molecule has 8 nitrogen and oxygen atoms in total. The van der Waals surface area contributed by atoms with Gasteiger partial charge in [0, 0.05) is 38.3 Å². The van der Waals surface area contributed by atoms with E-state index in [9.17, 15) is 13.2 Å². The van der Waals surface area contributed by atoms with E-state index in [2.05, 4.69) is 15.2 Å². The molecule has 1 aliphatic rings. The summed E-state index contributed by atoms with van der Waals surface area (Å²) < 4.78 is 32.5. The summed E-state index contributed by atoms with van der Waals surface area (Å²) in [6.45, 7) is 3.88. The Hall–Kier alpha value is -2.91. The maximum Gasteiger partial charge on any atom is 0.298 e.